The number of carbonyl (C=O) groups is 2. The number of thioether (sulfide) groups is 1. The number of fused-ring (bicyclic) bond motifs is 3. The van der Waals surface area contributed by atoms with Crippen molar-refractivity contribution >= 4 is 40.1 Å². The van der Waals surface area contributed by atoms with Gasteiger partial charge in [0.25, 0.3) is 11.5 Å². The van der Waals surface area contributed by atoms with Crippen LogP contribution in [0.5, 0.6) is 0 Å². The van der Waals surface area contributed by atoms with E-state index in [-0.39, 0.29) is 29.0 Å². The molecule has 2 aromatic heterocycles. The lowest BCUT2D eigenvalue weighted by atomic mass is 9.95. The lowest BCUT2D eigenvalue weighted by molar-refractivity contribution is 0.0927. The number of aromatic nitrogens is 4. The maximum atomic E-state index is 13.0. The summed E-state index contributed by atoms with van der Waals surface area (Å²) in [5.74, 6) is 0.367. The first-order chi connectivity index (χ1) is 16.9. The van der Waals surface area contributed by atoms with E-state index in [9.17, 15) is 14.4 Å². The van der Waals surface area contributed by atoms with Crippen LogP contribution in [0.1, 0.15) is 58.4 Å². The summed E-state index contributed by atoms with van der Waals surface area (Å²) in [4.78, 5) is 38.6. The molecule has 0 aliphatic heterocycles. The van der Waals surface area contributed by atoms with Crippen LogP contribution in [0.2, 0.25) is 0 Å². The fraction of sp³-hybridized carbons (Fsp3) is 0.346. The Morgan fingerprint density at radius 2 is 1.74 bits per heavy atom. The molecule has 1 N–H and O–H groups in total. The van der Waals surface area contributed by atoms with Gasteiger partial charge >= 0.3 is 0 Å². The van der Waals surface area contributed by atoms with Gasteiger partial charge in [-0.15, -0.1) is 10.2 Å². The highest BCUT2D eigenvalue weighted by Crippen LogP contribution is 2.24. The molecule has 4 aromatic rings. The molecule has 35 heavy (non-hydrogen) atoms. The summed E-state index contributed by atoms with van der Waals surface area (Å²) in [6, 6.07) is 12.7. The zero-order chi connectivity index (χ0) is 24.5. The molecule has 0 radical (unpaired) electrons. The highest BCUT2D eigenvalue weighted by atomic mass is 32.2. The van der Waals surface area contributed by atoms with E-state index in [1.54, 1.807) is 29.6 Å². The summed E-state index contributed by atoms with van der Waals surface area (Å²) >= 11 is 1.26. The number of benzene rings is 2. The van der Waals surface area contributed by atoms with Crippen molar-refractivity contribution in [3.63, 3.8) is 0 Å². The highest BCUT2D eigenvalue weighted by Gasteiger charge is 2.20. The maximum Gasteiger partial charge on any atom is 0.262 e. The van der Waals surface area contributed by atoms with Crippen molar-refractivity contribution < 1.29 is 9.59 Å². The number of aryl methyl sites for hydroxylation is 2. The molecule has 0 saturated heterocycles. The number of nitrogens with one attached hydrogen (secondary N) is 1. The predicted octanol–water partition coefficient (Wildman–Crippen LogP) is 3.93. The summed E-state index contributed by atoms with van der Waals surface area (Å²) in [5, 5.41) is 12.5. The summed E-state index contributed by atoms with van der Waals surface area (Å²) in [6.07, 6.45) is 5.45. The Kier molecular flexibility index (Phi) is 6.42. The molecule has 0 atom stereocenters. The van der Waals surface area contributed by atoms with E-state index in [4.69, 9.17) is 0 Å². The van der Waals surface area contributed by atoms with E-state index >= 15 is 0 Å². The van der Waals surface area contributed by atoms with E-state index in [1.165, 1.54) is 22.7 Å². The van der Waals surface area contributed by atoms with Crippen molar-refractivity contribution in [1.82, 2.24) is 24.5 Å². The van der Waals surface area contributed by atoms with Crippen LogP contribution in [0.4, 0.5) is 0 Å². The molecule has 2 aromatic carbocycles. The Morgan fingerprint density at radius 1 is 1.03 bits per heavy atom. The van der Waals surface area contributed by atoms with Crippen molar-refractivity contribution in [3.8, 4) is 0 Å². The van der Waals surface area contributed by atoms with Gasteiger partial charge in [-0.2, -0.15) is 0 Å². The topological polar surface area (TPSA) is 98.4 Å². The number of nitrogens with zero attached hydrogens (tertiary/aromatic N) is 4. The molecule has 0 bridgehead atoms. The fourth-order valence-electron chi connectivity index (χ4n) is 4.56. The number of amides is 1. The molecule has 0 unspecified atom stereocenters. The fourth-order valence-corrected chi connectivity index (χ4v) is 5.40. The predicted molar refractivity (Wildman–Crippen MR) is 136 cm³/mol. The van der Waals surface area contributed by atoms with Crippen molar-refractivity contribution in [2.45, 2.75) is 50.2 Å². The number of rotatable bonds is 6. The monoisotopic (exact) mass is 489 g/mol. The second kappa shape index (κ2) is 9.65. The second-order valence-corrected chi connectivity index (χ2v) is 10.0. The molecule has 1 aliphatic carbocycles. The van der Waals surface area contributed by atoms with Crippen LogP contribution in [0.15, 0.2) is 52.4 Å². The van der Waals surface area contributed by atoms with Gasteiger partial charge < -0.3 is 5.32 Å². The SMILES string of the molecule is Cc1ccc(C(=O)CSc2nnc3n(C)c(=O)c4ccc(C(=O)NC5CCCCC5)cc4n23)cc1. The second-order valence-electron chi connectivity index (χ2n) is 9.10. The smallest absolute Gasteiger partial charge is 0.262 e. The van der Waals surface area contributed by atoms with E-state index in [2.05, 4.69) is 15.5 Å². The Bertz CT molecular complexity index is 1480. The molecular formula is C26H27N5O3S. The summed E-state index contributed by atoms with van der Waals surface area (Å²) in [5.41, 5.74) is 2.54. The molecule has 2 heterocycles. The number of ketones is 1. The van der Waals surface area contributed by atoms with Crippen molar-refractivity contribution in [1.29, 1.82) is 0 Å². The molecule has 5 rings (SSSR count). The minimum absolute atomic E-state index is 0.0200. The Hall–Kier alpha value is -3.46. The van der Waals surface area contributed by atoms with Crippen LogP contribution in [-0.4, -0.2) is 42.7 Å². The summed E-state index contributed by atoms with van der Waals surface area (Å²) in [7, 11) is 1.64. The van der Waals surface area contributed by atoms with Gasteiger partial charge in [-0.05, 0) is 38.0 Å². The molecule has 1 fully saturated rings. The van der Waals surface area contributed by atoms with Crippen LogP contribution in [0, 0.1) is 6.92 Å². The quantitative estimate of drug-likeness (QED) is 0.326. The lowest BCUT2D eigenvalue weighted by Gasteiger charge is -2.22. The van der Waals surface area contributed by atoms with Gasteiger partial charge in [0, 0.05) is 24.2 Å². The molecular weight excluding hydrogens is 462 g/mol. The van der Waals surface area contributed by atoms with Gasteiger partial charge in [-0.3, -0.25) is 23.4 Å². The highest BCUT2D eigenvalue weighted by molar-refractivity contribution is 7.99. The molecule has 0 spiro atoms. The number of carbonyl (C=O) groups excluding carboxylic acids is 2. The molecule has 1 amide bonds. The lowest BCUT2D eigenvalue weighted by Crippen LogP contribution is -2.36. The van der Waals surface area contributed by atoms with Gasteiger partial charge in [0.15, 0.2) is 10.9 Å². The third-order valence-corrected chi connectivity index (χ3v) is 7.53. The van der Waals surface area contributed by atoms with Crippen LogP contribution in [0.3, 0.4) is 0 Å². The molecule has 180 valence electrons. The summed E-state index contributed by atoms with van der Waals surface area (Å²) in [6.45, 7) is 1.98. The average molecular weight is 490 g/mol. The Labute approximate surface area is 206 Å². The first-order valence-electron chi connectivity index (χ1n) is 11.8. The van der Waals surface area contributed by atoms with Gasteiger partial charge in [-0.1, -0.05) is 60.9 Å². The zero-order valence-corrected chi connectivity index (χ0v) is 20.6. The van der Waals surface area contributed by atoms with Crippen LogP contribution >= 0.6 is 11.8 Å². The Morgan fingerprint density at radius 3 is 2.49 bits per heavy atom. The van der Waals surface area contributed by atoms with Crippen LogP contribution < -0.4 is 10.9 Å². The molecule has 1 saturated carbocycles. The summed E-state index contributed by atoms with van der Waals surface area (Å²) < 4.78 is 3.18. The first kappa shape index (κ1) is 23.3. The van der Waals surface area contributed by atoms with Crippen LogP contribution in [0.25, 0.3) is 16.7 Å². The number of Topliss-reactive ketones (excluding diaryl/α,β-unsaturated/α-hetero) is 1. The normalized spacial score (nSPS) is 14.5. The minimum Gasteiger partial charge on any atom is -0.349 e. The van der Waals surface area contributed by atoms with Crippen molar-refractivity contribution in [2.75, 3.05) is 5.75 Å². The standard InChI is InChI=1S/C26H27N5O3S/c1-16-8-10-17(11-9-16)22(32)15-35-26-29-28-25-30(2)24(34)20-13-12-18(14-21(20)31(25)26)23(33)27-19-6-4-3-5-7-19/h8-14,19H,3-7,15H2,1-2H3,(H,27,33). The molecule has 1 aliphatic rings. The first-order valence-corrected chi connectivity index (χ1v) is 12.8. The number of hydrogen-bond donors (Lipinski definition) is 1. The average Bonchev–Trinajstić information content (AvgIpc) is 3.31. The van der Waals surface area contributed by atoms with Gasteiger partial charge in [0.2, 0.25) is 5.78 Å². The minimum atomic E-state index is -0.216. The van der Waals surface area contributed by atoms with E-state index in [1.807, 2.05) is 31.2 Å². The van der Waals surface area contributed by atoms with E-state index < -0.39 is 0 Å². The van der Waals surface area contributed by atoms with Gasteiger partial charge in [0.1, 0.15) is 0 Å². The largest absolute Gasteiger partial charge is 0.349 e. The molecule has 9 heteroatoms. The zero-order valence-electron chi connectivity index (χ0n) is 19.8. The van der Waals surface area contributed by atoms with Crippen molar-refractivity contribution in [3.05, 3.63) is 69.5 Å². The third-order valence-electron chi connectivity index (χ3n) is 6.60. The van der Waals surface area contributed by atoms with Crippen LogP contribution in [-0.2, 0) is 7.05 Å². The van der Waals surface area contributed by atoms with E-state index in [0.29, 0.717) is 33.0 Å². The van der Waals surface area contributed by atoms with Crippen molar-refractivity contribution in [2.24, 2.45) is 7.05 Å². The van der Waals surface area contributed by atoms with Gasteiger partial charge in [-0.25, -0.2) is 0 Å². The van der Waals surface area contributed by atoms with E-state index in [0.717, 1.165) is 31.2 Å². The maximum absolute atomic E-state index is 13.0. The number of hydrogen-bond acceptors (Lipinski definition) is 6. The molecule has 8 nitrogen and oxygen atoms in total. The Balaban J connectivity index is 1.49. The third kappa shape index (κ3) is 4.60. The van der Waals surface area contributed by atoms with Gasteiger partial charge in [0.05, 0.1) is 16.7 Å².